The zero-order valence-electron chi connectivity index (χ0n) is 13.3. The van der Waals surface area contributed by atoms with Crippen LogP contribution in [-0.2, 0) is 0 Å². The predicted octanol–water partition coefficient (Wildman–Crippen LogP) is 6.37. The van der Waals surface area contributed by atoms with E-state index < -0.39 is 0 Å². The van der Waals surface area contributed by atoms with Crippen LogP contribution in [0.15, 0.2) is 60.7 Å². The molecule has 0 saturated carbocycles. The van der Waals surface area contributed by atoms with Crippen LogP contribution < -0.4 is 0 Å². The largest absolute Gasteiger partial charge is 0.0764 e. The quantitative estimate of drug-likeness (QED) is 0.516. The molecule has 0 saturated heterocycles. The Morgan fingerprint density at radius 2 is 1.62 bits per heavy atom. The molecule has 110 valence electrons. The maximum Gasteiger partial charge on any atom is 0.00213 e. The molecule has 0 fully saturated rings. The van der Waals surface area contributed by atoms with Gasteiger partial charge in [-0.2, -0.15) is 0 Å². The molecule has 0 N–H and O–H groups in total. The van der Waals surface area contributed by atoms with Gasteiger partial charge in [-0.25, -0.2) is 0 Å². The van der Waals surface area contributed by atoms with Gasteiger partial charge < -0.3 is 0 Å². The van der Waals surface area contributed by atoms with Crippen LogP contribution in [0, 0.1) is 6.92 Å². The fourth-order valence-corrected chi connectivity index (χ4v) is 2.59. The zero-order valence-corrected chi connectivity index (χ0v) is 13.3. The molecule has 0 aliphatic heterocycles. The number of rotatable bonds is 7. The molecule has 21 heavy (non-hydrogen) atoms. The van der Waals surface area contributed by atoms with Crippen molar-refractivity contribution >= 4 is 6.08 Å². The lowest BCUT2D eigenvalue weighted by Crippen LogP contribution is -1.96. The van der Waals surface area contributed by atoms with Gasteiger partial charge in [0.15, 0.2) is 0 Å². The second kappa shape index (κ2) is 8.46. The molecular weight excluding hydrogens is 252 g/mol. The smallest absolute Gasteiger partial charge is 0.00213 e. The third kappa shape index (κ3) is 5.23. The number of benzene rings is 2. The summed E-state index contributed by atoms with van der Waals surface area (Å²) >= 11 is 0. The van der Waals surface area contributed by atoms with Gasteiger partial charge in [0, 0.05) is 5.92 Å². The Kier molecular flexibility index (Phi) is 6.27. The van der Waals surface area contributed by atoms with Crippen molar-refractivity contribution < 1.29 is 0 Å². The van der Waals surface area contributed by atoms with E-state index >= 15 is 0 Å². The van der Waals surface area contributed by atoms with Crippen molar-refractivity contribution in [3.63, 3.8) is 0 Å². The van der Waals surface area contributed by atoms with E-state index in [4.69, 9.17) is 0 Å². The van der Waals surface area contributed by atoms with E-state index in [1.807, 2.05) is 0 Å². The van der Waals surface area contributed by atoms with Gasteiger partial charge in [-0.3, -0.25) is 0 Å². The highest BCUT2D eigenvalue weighted by Crippen LogP contribution is 2.25. The minimum Gasteiger partial charge on any atom is -0.0764 e. The molecular formula is C21H26. The SMILES string of the molecule is CCCCCC(/C=C/c1ccccc1)c1ccc(C)cc1. The fourth-order valence-electron chi connectivity index (χ4n) is 2.59. The van der Waals surface area contributed by atoms with Crippen molar-refractivity contribution in [3.05, 3.63) is 77.4 Å². The summed E-state index contributed by atoms with van der Waals surface area (Å²) in [5.74, 6) is 0.525. The molecule has 0 bridgehead atoms. The van der Waals surface area contributed by atoms with Crippen LogP contribution in [0.5, 0.6) is 0 Å². The van der Waals surface area contributed by atoms with Crippen LogP contribution in [0.25, 0.3) is 6.08 Å². The molecule has 0 heteroatoms. The van der Waals surface area contributed by atoms with Gasteiger partial charge in [-0.1, -0.05) is 98.5 Å². The van der Waals surface area contributed by atoms with Gasteiger partial charge >= 0.3 is 0 Å². The fraction of sp³-hybridized carbons (Fsp3) is 0.333. The molecule has 0 nitrogen and oxygen atoms in total. The van der Waals surface area contributed by atoms with Crippen LogP contribution in [0.4, 0.5) is 0 Å². The molecule has 0 aliphatic rings. The molecule has 1 unspecified atom stereocenters. The van der Waals surface area contributed by atoms with Crippen molar-refractivity contribution in [1.82, 2.24) is 0 Å². The first-order chi connectivity index (χ1) is 10.3. The molecule has 2 aromatic carbocycles. The van der Waals surface area contributed by atoms with E-state index in [0.717, 1.165) is 0 Å². The first kappa shape index (κ1) is 15.6. The van der Waals surface area contributed by atoms with Crippen LogP contribution in [0.1, 0.15) is 55.2 Å². The maximum atomic E-state index is 2.37. The number of aryl methyl sites for hydroxylation is 1. The molecule has 0 spiro atoms. The maximum absolute atomic E-state index is 2.37. The van der Waals surface area contributed by atoms with Crippen LogP contribution in [-0.4, -0.2) is 0 Å². The average molecular weight is 278 g/mol. The Morgan fingerprint density at radius 3 is 2.29 bits per heavy atom. The summed E-state index contributed by atoms with van der Waals surface area (Å²) in [5.41, 5.74) is 4.05. The summed E-state index contributed by atoms with van der Waals surface area (Å²) in [5, 5.41) is 0. The summed E-state index contributed by atoms with van der Waals surface area (Å²) in [6, 6.07) is 19.6. The molecule has 2 aromatic rings. The van der Waals surface area contributed by atoms with Crippen molar-refractivity contribution in [2.24, 2.45) is 0 Å². The highest BCUT2D eigenvalue weighted by molar-refractivity contribution is 5.50. The Bertz CT molecular complexity index is 534. The van der Waals surface area contributed by atoms with E-state index in [2.05, 4.69) is 80.6 Å². The molecule has 0 amide bonds. The van der Waals surface area contributed by atoms with E-state index in [0.29, 0.717) is 5.92 Å². The van der Waals surface area contributed by atoms with E-state index in [-0.39, 0.29) is 0 Å². The first-order valence-corrected chi connectivity index (χ1v) is 8.09. The average Bonchev–Trinajstić information content (AvgIpc) is 2.53. The predicted molar refractivity (Wildman–Crippen MR) is 93.5 cm³/mol. The van der Waals surface area contributed by atoms with Gasteiger partial charge in [0.25, 0.3) is 0 Å². The third-order valence-corrected chi connectivity index (χ3v) is 3.94. The second-order valence-corrected chi connectivity index (χ2v) is 5.78. The molecule has 0 aromatic heterocycles. The summed E-state index contributed by atoms with van der Waals surface area (Å²) < 4.78 is 0. The lowest BCUT2D eigenvalue weighted by Gasteiger charge is -2.13. The standard InChI is InChI=1S/C21H26/c1-3-4-6-11-20(21-15-12-18(2)13-16-21)17-14-19-9-7-5-8-10-19/h5,7-10,12-17,20H,3-4,6,11H2,1-2H3/b17-14+. The summed E-state index contributed by atoms with van der Waals surface area (Å²) in [6.07, 6.45) is 9.77. The highest BCUT2D eigenvalue weighted by Gasteiger charge is 2.07. The number of hydrogen-bond acceptors (Lipinski definition) is 0. The lowest BCUT2D eigenvalue weighted by molar-refractivity contribution is 0.629. The Labute approximate surface area is 129 Å². The lowest BCUT2D eigenvalue weighted by atomic mass is 9.91. The van der Waals surface area contributed by atoms with Crippen LogP contribution in [0.2, 0.25) is 0 Å². The van der Waals surface area contributed by atoms with Crippen molar-refractivity contribution in [1.29, 1.82) is 0 Å². The van der Waals surface area contributed by atoms with E-state index in [1.54, 1.807) is 0 Å². The van der Waals surface area contributed by atoms with Gasteiger partial charge in [-0.05, 0) is 24.5 Å². The van der Waals surface area contributed by atoms with Crippen molar-refractivity contribution in [2.45, 2.75) is 45.4 Å². The third-order valence-electron chi connectivity index (χ3n) is 3.94. The van der Waals surface area contributed by atoms with Crippen molar-refractivity contribution in [3.8, 4) is 0 Å². The number of hydrogen-bond donors (Lipinski definition) is 0. The van der Waals surface area contributed by atoms with Gasteiger partial charge in [-0.15, -0.1) is 0 Å². The monoisotopic (exact) mass is 278 g/mol. The first-order valence-electron chi connectivity index (χ1n) is 8.09. The summed E-state index contributed by atoms with van der Waals surface area (Å²) in [4.78, 5) is 0. The minimum absolute atomic E-state index is 0.525. The molecule has 0 aliphatic carbocycles. The van der Waals surface area contributed by atoms with E-state index in [9.17, 15) is 0 Å². The molecule has 1 atom stereocenters. The molecule has 0 heterocycles. The normalized spacial score (nSPS) is 12.7. The van der Waals surface area contributed by atoms with Gasteiger partial charge in [0.2, 0.25) is 0 Å². The van der Waals surface area contributed by atoms with Crippen LogP contribution in [0.3, 0.4) is 0 Å². The second-order valence-electron chi connectivity index (χ2n) is 5.78. The van der Waals surface area contributed by atoms with Crippen molar-refractivity contribution in [2.75, 3.05) is 0 Å². The Hall–Kier alpha value is -1.82. The minimum atomic E-state index is 0.525. The number of allylic oxidation sites excluding steroid dienone is 1. The topological polar surface area (TPSA) is 0 Å². The van der Waals surface area contributed by atoms with Crippen LogP contribution >= 0.6 is 0 Å². The molecule has 0 radical (unpaired) electrons. The molecule has 2 rings (SSSR count). The van der Waals surface area contributed by atoms with Gasteiger partial charge in [0.05, 0.1) is 0 Å². The summed E-state index contributed by atoms with van der Waals surface area (Å²) in [7, 11) is 0. The summed E-state index contributed by atoms with van der Waals surface area (Å²) in [6.45, 7) is 4.41. The number of unbranched alkanes of at least 4 members (excludes halogenated alkanes) is 2. The highest BCUT2D eigenvalue weighted by atomic mass is 14.1. The Balaban J connectivity index is 2.11. The zero-order chi connectivity index (χ0) is 14.9. The van der Waals surface area contributed by atoms with E-state index in [1.165, 1.54) is 42.4 Å². The van der Waals surface area contributed by atoms with Gasteiger partial charge in [0.1, 0.15) is 0 Å². The Morgan fingerprint density at radius 1 is 0.905 bits per heavy atom.